The van der Waals surface area contributed by atoms with E-state index in [1.54, 1.807) is 0 Å². The van der Waals surface area contributed by atoms with Gasteiger partial charge in [0.05, 0.1) is 12.7 Å². The number of rotatable bonds is 4. The van der Waals surface area contributed by atoms with Crippen molar-refractivity contribution >= 4 is 0 Å². The zero-order valence-corrected chi connectivity index (χ0v) is 10.3. The number of halogens is 3. The van der Waals surface area contributed by atoms with Crippen LogP contribution in [0, 0.1) is 17.8 Å². The second-order valence-corrected chi connectivity index (χ2v) is 5.23. The van der Waals surface area contributed by atoms with Gasteiger partial charge in [-0.1, -0.05) is 20.3 Å². The van der Waals surface area contributed by atoms with E-state index in [4.69, 9.17) is 0 Å². The average molecular weight is 254 g/mol. The molecule has 4 atom stereocenters. The van der Waals surface area contributed by atoms with Crippen molar-refractivity contribution in [1.82, 2.24) is 0 Å². The minimum Gasteiger partial charge on any atom is -0.390 e. The third-order valence-corrected chi connectivity index (χ3v) is 3.74. The van der Waals surface area contributed by atoms with Crippen LogP contribution in [-0.2, 0) is 4.74 Å². The third kappa shape index (κ3) is 5.25. The summed E-state index contributed by atoms with van der Waals surface area (Å²) in [5.41, 5.74) is 0. The van der Waals surface area contributed by atoms with Crippen LogP contribution < -0.4 is 0 Å². The Morgan fingerprint density at radius 2 is 1.88 bits per heavy atom. The Kier molecular flexibility index (Phi) is 5.25. The first-order valence-corrected chi connectivity index (χ1v) is 6.12. The highest BCUT2D eigenvalue weighted by atomic mass is 19.4. The molecule has 0 aromatic carbocycles. The van der Waals surface area contributed by atoms with Crippen molar-refractivity contribution in [1.29, 1.82) is 0 Å². The molecule has 4 unspecified atom stereocenters. The maximum atomic E-state index is 11.9. The molecule has 1 fully saturated rings. The number of alkyl halides is 3. The van der Waals surface area contributed by atoms with Crippen molar-refractivity contribution in [3.63, 3.8) is 0 Å². The van der Waals surface area contributed by atoms with Crippen LogP contribution in [0.2, 0.25) is 0 Å². The molecule has 1 N–H and O–H groups in total. The molecule has 0 bridgehead atoms. The van der Waals surface area contributed by atoms with Crippen molar-refractivity contribution in [3.05, 3.63) is 0 Å². The second kappa shape index (κ2) is 6.05. The molecular weight excluding hydrogens is 233 g/mol. The summed E-state index contributed by atoms with van der Waals surface area (Å²) in [5, 5.41) is 9.78. The first-order valence-electron chi connectivity index (χ1n) is 6.12. The fourth-order valence-corrected chi connectivity index (χ4v) is 2.37. The van der Waals surface area contributed by atoms with Gasteiger partial charge in [0.25, 0.3) is 0 Å². The lowest BCUT2D eigenvalue weighted by atomic mass is 9.74. The predicted octanol–water partition coefficient (Wildman–Crippen LogP) is 3.00. The average Bonchev–Trinajstić information content (AvgIpc) is 2.20. The standard InChI is InChI=1S/C12H21F3O2/c1-8-3-4-10(5-9(8)2)11(16)6-17-7-12(13,14)15/h8-11,16H,3-7H2,1-2H3. The van der Waals surface area contributed by atoms with E-state index in [1.165, 1.54) is 0 Å². The fourth-order valence-electron chi connectivity index (χ4n) is 2.37. The Morgan fingerprint density at radius 3 is 2.41 bits per heavy atom. The Balaban J connectivity index is 2.26. The van der Waals surface area contributed by atoms with Gasteiger partial charge in [0.1, 0.15) is 6.61 Å². The summed E-state index contributed by atoms with van der Waals surface area (Å²) in [6, 6.07) is 0. The van der Waals surface area contributed by atoms with Gasteiger partial charge in [0, 0.05) is 0 Å². The molecule has 1 saturated carbocycles. The molecule has 102 valence electrons. The maximum absolute atomic E-state index is 11.9. The number of hydrogen-bond acceptors (Lipinski definition) is 2. The molecule has 0 radical (unpaired) electrons. The Morgan fingerprint density at radius 1 is 1.24 bits per heavy atom. The molecule has 17 heavy (non-hydrogen) atoms. The lowest BCUT2D eigenvalue weighted by molar-refractivity contribution is -0.181. The van der Waals surface area contributed by atoms with Gasteiger partial charge in [0.2, 0.25) is 0 Å². The van der Waals surface area contributed by atoms with Crippen LogP contribution in [0.25, 0.3) is 0 Å². The lowest BCUT2D eigenvalue weighted by Crippen LogP contribution is -2.33. The lowest BCUT2D eigenvalue weighted by Gasteiger charge is -2.34. The first-order chi connectivity index (χ1) is 7.79. The minimum absolute atomic E-state index is 0.0782. The molecule has 0 aromatic heterocycles. The third-order valence-electron chi connectivity index (χ3n) is 3.74. The number of hydrogen-bond donors (Lipinski definition) is 1. The van der Waals surface area contributed by atoms with Crippen LogP contribution in [0.4, 0.5) is 13.2 Å². The smallest absolute Gasteiger partial charge is 0.390 e. The van der Waals surface area contributed by atoms with E-state index in [-0.39, 0.29) is 12.5 Å². The van der Waals surface area contributed by atoms with Gasteiger partial charge in [-0.15, -0.1) is 0 Å². The Hall–Kier alpha value is -0.290. The molecule has 2 nitrogen and oxygen atoms in total. The van der Waals surface area contributed by atoms with Gasteiger partial charge in [-0.2, -0.15) is 13.2 Å². The van der Waals surface area contributed by atoms with E-state index in [0.29, 0.717) is 11.8 Å². The van der Waals surface area contributed by atoms with Crippen LogP contribution >= 0.6 is 0 Å². The number of ether oxygens (including phenoxy) is 1. The first kappa shape index (κ1) is 14.8. The van der Waals surface area contributed by atoms with Gasteiger partial charge in [0.15, 0.2) is 0 Å². The van der Waals surface area contributed by atoms with Gasteiger partial charge in [-0.25, -0.2) is 0 Å². The Bertz CT molecular complexity index is 230. The molecule has 1 rings (SSSR count). The summed E-state index contributed by atoms with van der Waals surface area (Å²) in [7, 11) is 0. The minimum atomic E-state index is -4.31. The highest BCUT2D eigenvalue weighted by Crippen LogP contribution is 2.35. The maximum Gasteiger partial charge on any atom is 0.411 e. The van der Waals surface area contributed by atoms with Crippen LogP contribution in [-0.4, -0.2) is 30.6 Å². The molecule has 0 spiro atoms. The van der Waals surface area contributed by atoms with Crippen molar-refractivity contribution in [2.24, 2.45) is 17.8 Å². The van der Waals surface area contributed by atoms with Gasteiger partial charge >= 0.3 is 6.18 Å². The summed E-state index contributed by atoms with van der Waals surface area (Å²) in [6.07, 6.45) is -2.30. The van der Waals surface area contributed by atoms with Gasteiger partial charge < -0.3 is 9.84 Å². The molecule has 1 aliphatic carbocycles. The highest BCUT2D eigenvalue weighted by Gasteiger charge is 2.31. The van der Waals surface area contributed by atoms with Crippen LogP contribution in [0.5, 0.6) is 0 Å². The summed E-state index contributed by atoms with van der Waals surface area (Å²) >= 11 is 0. The van der Waals surface area contributed by atoms with Crippen LogP contribution in [0.15, 0.2) is 0 Å². The largest absolute Gasteiger partial charge is 0.411 e. The monoisotopic (exact) mass is 254 g/mol. The van der Waals surface area contributed by atoms with E-state index in [1.807, 2.05) is 0 Å². The Labute approximate surface area is 100 Å². The SMILES string of the molecule is CC1CCC(C(O)COCC(F)(F)F)CC1C. The summed E-state index contributed by atoms with van der Waals surface area (Å²) in [4.78, 5) is 0. The van der Waals surface area contributed by atoms with Gasteiger partial charge in [-0.05, 0) is 30.6 Å². The molecular formula is C12H21F3O2. The van der Waals surface area contributed by atoms with Crippen molar-refractivity contribution < 1.29 is 23.0 Å². The van der Waals surface area contributed by atoms with E-state index >= 15 is 0 Å². The predicted molar refractivity (Wildman–Crippen MR) is 58.5 cm³/mol. The van der Waals surface area contributed by atoms with Crippen molar-refractivity contribution in [2.45, 2.75) is 45.4 Å². The van der Waals surface area contributed by atoms with Crippen LogP contribution in [0.1, 0.15) is 33.1 Å². The zero-order valence-electron chi connectivity index (χ0n) is 10.3. The number of aliphatic hydroxyl groups excluding tert-OH is 1. The normalized spacial score (nSPS) is 32.5. The molecule has 5 heteroatoms. The fraction of sp³-hybridized carbons (Fsp3) is 1.00. The number of aliphatic hydroxyl groups is 1. The quantitative estimate of drug-likeness (QED) is 0.835. The summed E-state index contributed by atoms with van der Waals surface area (Å²) < 4.78 is 40.1. The van der Waals surface area contributed by atoms with Gasteiger partial charge in [-0.3, -0.25) is 0 Å². The van der Waals surface area contributed by atoms with E-state index < -0.39 is 18.9 Å². The molecule has 0 aliphatic heterocycles. The molecule has 0 heterocycles. The molecule has 0 saturated heterocycles. The highest BCUT2D eigenvalue weighted by molar-refractivity contribution is 4.79. The van der Waals surface area contributed by atoms with E-state index in [2.05, 4.69) is 18.6 Å². The molecule has 1 aliphatic rings. The van der Waals surface area contributed by atoms with Crippen molar-refractivity contribution in [3.8, 4) is 0 Å². The molecule has 0 amide bonds. The second-order valence-electron chi connectivity index (χ2n) is 5.23. The molecule has 0 aromatic rings. The summed E-state index contributed by atoms with van der Waals surface area (Å²) in [6.45, 7) is 2.81. The van der Waals surface area contributed by atoms with Crippen LogP contribution in [0.3, 0.4) is 0 Å². The summed E-state index contributed by atoms with van der Waals surface area (Å²) in [5.74, 6) is 1.23. The zero-order chi connectivity index (χ0) is 13.1. The van der Waals surface area contributed by atoms with E-state index in [9.17, 15) is 18.3 Å². The van der Waals surface area contributed by atoms with E-state index in [0.717, 1.165) is 19.3 Å². The van der Waals surface area contributed by atoms with Crippen molar-refractivity contribution in [2.75, 3.05) is 13.2 Å². The topological polar surface area (TPSA) is 29.5 Å².